The molecule has 0 fully saturated rings. The fraction of sp³-hybridized carbons (Fsp3) is 0.278. The molecule has 0 aliphatic heterocycles. The number of rotatable bonds is 2. The summed E-state index contributed by atoms with van der Waals surface area (Å²) >= 11 is 0. The Morgan fingerprint density at radius 1 is 1.26 bits per heavy atom. The monoisotopic (exact) mass is 309 g/mol. The maximum absolute atomic E-state index is 10.4. The summed E-state index contributed by atoms with van der Waals surface area (Å²) in [5.74, 6) is 1.24. The lowest BCUT2D eigenvalue weighted by molar-refractivity contribution is 0.0234. The van der Waals surface area contributed by atoms with Crippen molar-refractivity contribution < 1.29 is 9.84 Å². The maximum atomic E-state index is 10.4. The average Bonchev–Trinajstić information content (AvgIpc) is 2.86. The minimum absolute atomic E-state index is 0.385. The molecule has 23 heavy (non-hydrogen) atoms. The normalized spacial score (nSPS) is 20.4. The number of imidazole rings is 1. The van der Waals surface area contributed by atoms with Crippen LogP contribution in [0.5, 0.6) is 5.75 Å². The number of hydrogen-bond acceptors (Lipinski definition) is 4. The average molecular weight is 309 g/mol. The molecule has 0 radical (unpaired) electrons. The van der Waals surface area contributed by atoms with Gasteiger partial charge in [0.15, 0.2) is 11.4 Å². The van der Waals surface area contributed by atoms with Crippen molar-refractivity contribution in [1.82, 2.24) is 9.38 Å². The molecule has 2 heterocycles. The van der Waals surface area contributed by atoms with Gasteiger partial charge < -0.3 is 15.6 Å². The van der Waals surface area contributed by atoms with Crippen LogP contribution in [0.3, 0.4) is 0 Å². The second kappa shape index (κ2) is 5.28. The minimum atomic E-state index is -0.529. The first-order valence-corrected chi connectivity index (χ1v) is 7.81. The lowest BCUT2D eigenvalue weighted by Crippen LogP contribution is -2.29. The van der Waals surface area contributed by atoms with E-state index in [2.05, 4.69) is 11.1 Å². The van der Waals surface area contributed by atoms with Crippen LogP contribution in [-0.2, 0) is 6.42 Å². The molecule has 0 saturated heterocycles. The van der Waals surface area contributed by atoms with Crippen molar-refractivity contribution in [2.24, 2.45) is 0 Å². The van der Waals surface area contributed by atoms with E-state index in [1.807, 2.05) is 47.9 Å². The number of aromatic nitrogens is 2. The number of aliphatic hydroxyl groups excluding tert-OH is 1. The van der Waals surface area contributed by atoms with Crippen molar-refractivity contribution in [3.8, 4) is 5.75 Å². The van der Waals surface area contributed by atoms with Crippen LogP contribution in [0.1, 0.15) is 29.3 Å². The van der Waals surface area contributed by atoms with E-state index in [1.54, 1.807) is 0 Å². The molecule has 5 heteroatoms. The van der Waals surface area contributed by atoms with E-state index in [4.69, 9.17) is 10.5 Å². The van der Waals surface area contributed by atoms with E-state index in [0.717, 1.165) is 17.7 Å². The Hall–Kier alpha value is -2.53. The summed E-state index contributed by atoms with van der Waals surface area (Å²) in [5, 5.41) is 10.4. The molecule has 2 atom stereocenters. The number of nitrogens with two attached hydrogens (primary N) is 1. The molecular weight excluding hydrogens is 290 g/mol. The first-order valence-electron chi connectivity index (χ1n) is 7.81. The van der Waals surface area contributed by atoms with Crippen molar-refractivity contribution in [2.45, 2.75) is 32.0 Å². The fourth-order valence-electron chi connectivity index (χ4n) is 3.25. The summed E-state index contributed by atoms with van der Waals surface area (Å²) in [6.07, 6.45) is 2.52. The van der Waals surface area contributed by atoms with Gasteiger partial charge in [0.2, 0.25) is 0 Å². The van der Waals surface area contributed by atoms with E-state index < -0.39 is 6.10 Å². The van der Waals surface area contributed by atoms with Crippen LogP contribution in [0.15, 0.2) is 42.6 Å². The molecule has 118 valence electrons. The first kappa shape index (κ1) is 14.1. The molecule has 0 spiro atoms. The number of nitrogens with zero attached hydrogens (tertiary/aromatic N) is 2. The van der Waals surface area contributed by atoms with Gasteiger partial charge in [0, 0.05) is 6.20 Å². The van der Waals surface area contributed by atoms with Gasteiger partial charge in [-0.05, 0) is 43.0 Å². The van der Waals surface area contributed by atoms with Crippen molar-refractivity contribution in [3.63, 3.8) is 0 Å². The predicted molar refractivity (Wildman–Crippen MR) is 88.5 cm³/mol. The van der Waals surface area contributed by atoms with E-state index >= 15 is 0 Å². The molecule has 1 aromatic carbocycles. The molecule has 0 amide bonds. The van der Waals surface area contributed by atoms with Gasteiger partial charge in [-0.25, -0.2) is 4.98 Å². The topological polar surface area (TPSA) is 72.8 Å². The van der Waals surface area contributed by atoms with Crippen LogP contribution >= 0.6 is 0 Å². The zero-order valence-electron chi connectivity index (χ0n) is 12.9. The number of anilines is 1. The zero-order chi connectivity index (χ0) is 16.0. The van der Waals surface area contributed by atoms with Crippen molar-refractivity contribution >= 4 is 11.5 Å². The van der Waals surface area contributed by atoms with Crippen LogP contribution in [0.4, 0.5) is 5.82 Å². The number of hydrogen-bond donors (Lipinski definition) is 2. The highest BCUT2D eigenvalue weighted by atomic mass is 16.5. The standard InChI is InChI=1S/C18H19N3O2/c1-11-17(19)21-10-4-7-15(18(21)20-11)23-16-13-6-3-2-5-12(13)8-9-14(16)22/h2-7,10,14,16,22H,8-9,19H2,1H3. The first-order chi connectivity index (χ1) is 11.1. The van der Waals surface area contributed by atoms with Gasteiger partial charge in [0.1, 0.15) is 11.9 Å². The largest absolute Gasteiger partial charge is 0.479 e. The number of aliphatic hydroxyl groups is 1. The highest BCUT2D eigenvalue weighted by Gasteiger charge is 2.30. The molecule has 1 aliphatic rings. The Morgan fingerprint density at radius 3 is 2.96 bits per heavy atom. The molecule has 4 rings (SSSR count). The van der Waals surface area contributed by atoms with Gasteiger partial charge >= 0.3 is 0 Å². The Morgan fingerprint density at radius 2 is 2.09 bits per heavy atom. The molecular formula is C18H19N3O2. The lowest BCUT2D eigenvalue weighted by atomic mass is 9.87. The van der Waals surface area contributed by atoms with E-state index in [-0.39, 0.29) is 6.10 Å². The SMILES string of the molecule is Cc1nc2c(OC3c4ccccc4CCC3O)cccn2c1N. The summed E-state index contributed by atoms with van der Waals surface area (Å²) in [4.78, 5) is 4.49. The predicted octanol–water partition coefficient (Wildman–Crippen LogP) is 2.65. The summed E-state index contributed by atoms with van der Waals surface area (Å²) < 4.78 is 8.00. The Kier molecular flexibility index (Phi) is 3.23. The highest BCUT2D eigenvalue weighted by Crippen LogP contribution is 2.35. The van der Waals surface area contributed by atoms with Crippen molar-refractivity contribution in [1.29, 1.82) is 0 Å². The molecule has 3 aromatic rings. The van der Waals surface area contributed by atoms with Gasteiger partial charge in [0.25, 0.3) is 0 Å². The number of nitrogen functional groups attached to an aromatic ring is 1. The molecule has 2 aromatic heterocycles. The summed E-state index contributed by atoms with van der Waals surface area (Å²) in [6.45, 7) is 1.87. The second-order valence-corrected chi connectivity index (χ2v) is 5.99. The quantitative estimate of drug-likeness (QED) is 0.763. The molecule has 0 saturated carbocycles. The van der Waals surface area contributed by atoms with Gasteiger partial charge in [-0.2, -0.15) is 0 Å². The molecule has 3 N–H and O–H groups in total. The van der Waals surface area contributed by atoms with E-state index in [0.29, 0.717) is 23.6 Å². The number of ether oxygens (including phenoxy) is 1. The van der Waals surface area contributed by atoms with E-state index in [1.165, 1.54) is 5.56 Å². The number of pyridine rings is 1. The summed E-state index contributed by atoms with van der Waals surface area (Å²) in [7, 11) is 0. The fourth-order valence-corrected chi connectivity index (χ4v) is 3.25. The second-order valence-electron chi connectivity index (χ2n) is 5.99. The third kappa shape index (κ3) is 2.24. The van der Waals surface area contributed by atoms with Crippen molar-refractivity contribution in [3.05, 3.63) is 59.4 Å². The lowest BCUT2D eigenvalue weighted by Gasteiger charge is -2.30. The van der Waals surface area contributed by atoms with Gasteiger partial charge in [-0.15, -0.1) is 0 Å². The Bertz CT molecular complexity index is 872. The Labute approximate surface area is 134 Å². The van der Waals surface area contributed by atoms with Crippen LogP contribution < -0.4 is 10.5 Å². The summed E-state index contributed by atoms with van der Waals surface area (Å²) in [5.41, 5.74) is 9.76. The van der Waals surface area contributed by atoms with Crippen molar-refractivity contribution in [2.75, 3.05) is 5.73 Å². The van der Waals surface area contributed by atoms with Gasteiger partial charge in [-0.3, -0.25) is 4.40 Å². The van der Waals surface area contributed by atoms with Gasteiger partial charge in [-0.1, -0.05) is 24.3 Å². The zero-order valence-corrected chi connectivity index (χ0v) is 12.9. The van der Waals surface area contributed by atoms with Crippen LogP contribution in [0, 0.1) is 6.92 Å². The van der Waals surface area contributed by atoms with E-state index in [9.17, 15) is 5.11 Å². The molecule has 1 aliphatic carbocycles. The third-order valence-corrected chi connectivity index (χ3v) is 4.51. The molecule has 2 unspecified atom stereocenters. The highest BCUT2D eigenvalue weighted by molar-refractivity contribution is 5.61. The van der Waals surface area contributed by atoms with Crippen LogP contribution in [0.25, 0.3) is 5.65 Å². The summed E-state index contributed by atoms with van der Waals surface area (Å²) in [6, 6.07) is 11.9. The number of fused-ring (bicyclic) bond motifs is 2. The maximum Gasteiger partial charge on any atom is 0.181 e. The molecule has 5 nitrogen and oxygen atoms in total. The molecule has 0 bridgehead atoms. The number of benzene rings is 1. The van der Waals surface area contributed by atoms with Crippen LogP contribution in [0.2, 0.25) is 0 Å². The van der Waals surface area contributed by atoms with Gasteiger partial charge in [0.05, 0.1) is 11.8 Å². The smallest absolute Gasteiger partial charge is 0.181 e. The number of aryl methyl sites for hydroxylation is 2. The Balaban J connectivity index is 1.78. The van der Waals surface area contributed by atoms with Crippen LogP contribution in [-0.4, -0.2) is 20.6 Å². The minimum Gasteiger partial charge on any atom is -0.479 e. The third-order valence-electron chi connectivity index (χ3n) is 4.51.